The number of hydrogen-bond acceptors (Lipinski definition) is 1. The van der Waals surface area contributed by atoms with Gasteiger partial charge in [0.05, 0.1) is 12.5 Å². The van der Waals surface area contributed by atoms with Crippen molar-refractivity contribution in [2.24, 2.45) is 5.92 Å². The van der Waals surface area contributed by atoms with Gasteiger partial charge in [-0.3, -0.25) is 0 Å². The highest BCUT2D eigenvalue weighted by Gasteiger charge is 2.51. The van der Waals surface area contributed by atoms with Crippen LogP contribution in [-0.2, 0) is 4.74 Å². The van der Waals surface area contributed by atoms with Crippen molar-refractivity contribution in [3.8, 4) is 12.3 Å². The van der Waals surface area contributed by atoms with Gasteiger partial charge in [0, 0.05) is 0 Å². The summed E-state index contributed by atoms with van der Waals surface area (Å²) in [4.78, 5) is 0. The smallest absolute Gasteiger partial charge is 0.105 e. The van der Waals surface area contributed by atoms with Gasteiger partial charge in [0.15, 0.2) is 0 Å². The van der Waals surface area contributed by atoms with E-state index in [-0.39, 0.29) is 5.60 Å². The van der Waals surface area contributed by atoms with Gasteiger partial charge < -0.3 is 4.74 Å². The second-order valence-electron chi connectivity index (χ2n) is 3.32. The molecule has 0 radical (unpaired) electrons. The van der Waals surface area contributed by atoms with Gasteiger partial charge in [-0.25, -0.2) is 0 Å². The average Bonchev–Trinajstić information content (AvgIpc) is 2.71. The summed E-state index contributed by atoms with van der Waals surface area (Å²) in [6.07, 6.45) is 10.4. The molecule has 10 heavy (non-hydrogen) atoms. The van der Waals surface area contributed by atoms with E-state index >= 15 is 0 Å². The molecule has 2 rings (SSSR count). The molecule has 0 aromatic rings. The van der Waals surface area contributed by atoms with Crippen LogP contribution in [0.15, 0.2) is 0 Å². The number of ether oxygens (including phenoxy) is 1. The minimum absolute atomic E-state index is 0.160. The fraction of sp³-hybridized carbons (Fsp3) is 0.778. The maximum atomic E-state index is 5.40. The maximum absolute atomic E-state index is 5.40. The summed E-state index contributed by atoms with van der Waals surface area (Å²) < 4.78 is 5.40. The van der Waals surface area contributed by atoms with Crippen LogP contribution in [0.1, 0.15) is 25.7 Å². The lowest BCUT2D eigenvalue weighted by Crippen LogP contribution is -2.26. The van der Waals surface area contributed by atoms with Crippen molar-refractivity contribution in [2.45, 2.75) is 31.3 Å². The van der Waals surface area contributed by atoms with Crippen LogP contribution >= 0.6 is 0 Å². The van der Waals surface area contributed by atoms with E-state index in [9.17, 15) is 0 Å². The van der Waals surface area contributed by atoms with Crippen LogP contribution in [0.25, 0.3) is 0 Å². The number of epoxide rings is 1. The van der Waals surface area contributed by atoms with E-state index in [2.05, 4.69) is 5.92 Å². The molecule has 2 aliphatic rings. The summed E-state index contributed by atoms with van der Waals surface area (Å²) >= 11 is 0. The zero-order chi connectivity index (χ0) is 7.03. The van der Waals surface area contributed by atoms with Crippen molar-refractivity contribution in [2.75, 3.05) is 6.61 Å². The van der Waals surface area contributed by atoms with Crippen molar-refractivity contribution in [1.29, 1.82) is 0 Å². The summed E-state index contributed by atoms with van der Waals surface area (Å²) in [5.41, 5.74) is 0.160. The molecule has 0 amide bonds. The van der Waals surface area contributed by atoms with Crippen molar-refractivity contribution in [1.82, 2.24) is 0 Å². The molecule has 2 fully saturated rings. The first kappa shape index (κ1) is 6.24. The van der Waals surface area contributed by atoms with Gasteiger partial charge in [-0.15, -0.1) is 12.3 Å². The Morgan fingerprint density at radius 1 is 1.50 bits per heavy atom. The van der Waals surface area contributed by atoms with Gasteiger partial charge in [0.1, 0.15) is 5.60 Å². The second kappa shape index (κ2) is 2.00. The van der Waals surface area contributed by atoms with Crippen molar-refractivity contribution in [3.05, 3.63) is 0 Å². The zero-order valence-electron chi connectivity index (χ0n) is 6.10. The van der Waals surface area contributed by atoms with Crippen LogP contribution in [0.3, 0.4) is 0 Å². The molecule has 1 spiro atoms. The van der Waals surface area contributed by atoms with Crippen molar-refractivity contribution < 1.29 is 4.74 Å². The lowest BCUT2D eigenvalue weighted by Gasteiger charge is -2.24. The average molecular weight is 136 g/mol. The molecule has 1 aliphatic carbocycles. The molecule has 0 aromatic heterocycles. The summed E-state index contributed by atoms with van der Waals surface area (Å²) in [6.45, 7) is 0.919. The normalized spacial score (nSPS) is 44.9. The van der Waals surface area contributed by atoms with Crippen LogP contribution in [0, 0.1) is 18.3 Å². The fourth-order valence-corrected chi connectivity index (χ4v) is 1.88. The van der Waals surface area contributed by atoms with Gasteiger partial charge in [-0.1, -0.05) is 12.8 Å². The topological polar surface area (TPSA) is 12.5 Å². The molecule has 1 heteroatoms. The Bertz CT molecular complexity index is 174. The molecule has 1 nitrogen and oxygen atoms in total. The molecule has 1 heterocycles. The minimum atomic E-state index is 0.160. The van der Waals surface area contributed by atoms with Gasteiger partial charge in [-0.05, 0) is 12.8 Å². The molecule has 2 atom stereocenters. The van der Waals surface area contributed by atoms with Gasteiger partial charge in [0.25, 0.3) is 0 Å². The Balaban J connectivity index is 2.09. The first-order chi connectivity index (χ1) is 4.87. The van der Waals surface area contributed by atoms with Crippen molar-refractivity contribution in [3.63, 3.8) is 0 Å². The minimum Gasteiger partial charge on any atom is -0.368 e. The lowest BCUT2D eigenvalue weighted by molar-refractivity contribution is 0.195. The van der Waals surface area contributed by atoms with E-state index in [4.69, 9.17) is 11.2 Å². The molecule has 0 aromatic carbocycles. The Kier molecular flexibility index (Phi) is 1.25. The first-order valence-corrected chi connectivity index (χ1v) is 3.97. The number of hydrogen-bond donors (Lipinski definition) is 0. The Morgan fingerprint density at radius 2 is 2.30 bits per heavy atom. The van der Waals surface area contributed by atoms with E-state index in [0.29, 0.717) is 5.92 Å². The Morgan fingerprint density at radius 3 is 2.80 bits per heavy atom. The third kappa shape index (κ3) is 0.759. The van der Waals surface area contributed by atoms with Crippen LogP contribution in [0.4, 0.5) is 0 Å². The molecule has 54 valence electrons. The fourth-order valence-electron chi connectivity index (χ4n) is 1.88. The molecule has 0 bridgehead atoms. The van der Waals surface area contributed by atoms with E-state index in [1.54, 1.807) is 0 Å². The molecular weight excluding hydrogens is 124 g/mol. The summed E-state index contributed by atoms with van der Waals surface area (Å²) in [5, 5.41) is 0. The predicted octanol–water partition coefficient (Wildman–Crippen LogP) is 1.58. The first-order valence-electron chi connectivity index (χ1n) is 3.97. The lowest BCUT2D eigenvalue weighted by atomic mass is 9.80. The molecule has 1 saturated carbocycles. The highest BCUT2D eigenvalue weighted by molar-refractivity contribution is 5.12. The molecule has 2 unspecified atom stereocenters. The van der Waals surface area contributed by atoms with Crippen LogP contribution in [-0.4, -0.2) is 12.2 Å². The van der Waals surface area contributed by atoms with Crippen molar-refractivity contribution >= 4 is 0 Å². The van der Waals surface area contributed by atoms with Gasteiger partial charge in [0.2, 0.25) is 0 Å². The molecule has 1 saturated heterocycles. The molecule has 1 aliphatic heterocycles. The largest absolute Gasteiger partial charge is 0.368 e. The Labute approximate surface area is 61.8 Å². The van der Waals surface area contributed by atoms with E-state index in [1.807, 2.05) is 0 Å². The quantitative estimate of drug-likeness (QED) is 0.364. The SMILES string of the molecule is C#CC1CCCCC12CO2. The van der Waals surface area contributed by atoms with E-state index in [0.717, 1.165) is 6.61 Å². The molecular formula is C9H12O. The second-order valence-corrected chi connectivity index (χ2v) is 3.32. The van der Waals surface area contributed by atoms with Crippen LogP contribution in [0.2, 0.25) is 0 Å². The highest BCUT2D eigenvalue weighted by atomic mass is 16.6. The van der Waals surface area contributed by atoms with Crippen LogP contribution < -0.4 is 0 Å². The molecule has 0 N–H and O–H groups in total. The predicted molar refractivity (Wildman–Crippen MR) is 39.5 cm³/mol. The monoisotopic (exact) mass is 136 g/mol. The van der Waals surface area contributed by atoms with E-state index < -0.39 is 0 Å². The van der Waals surface area contributed by atoms with Crippen LogP contribution in [0.5, 0.6) is 0 Å². The standard InChI is InChI=1S/C9H12O/c1-2-8-5-3-4-6-9(8)7-10-9/h1,8H,3-7H2. The number of rotatable bonds is 0. The maximum Gasteiger partial charge on any atom is 0.105 e. The van der Waals surface area contributed by atoms with E-state index in [1.165, 1.54) is 25.7 Å². The zero-order valence-corrected chi connectivity index (χ0v) is 6.10. The third-order valence-corrected chi connectivity index (χ3v) is 2.69. The summed E-state index contributed by atoms with van der Waals surface area (Å²) in [7, 11) is 0. The van der Waals surface area contributed by atoms with Gasteiger partial charge >= 0.3 is 0 Å². The summed E-state index contributed by atoms with van der Waals surface area (Å²) in [6, 6.07) is 0. The highest BCUT2D eigenvalue weighted by Crippen LogP contribution is 2.45. The van der Waals surface area contributed by atoms with Gasteiger partial charge in [-0.2, -0.15) is 0 Å². The Hall–Kier alpha value is -0.480. The summed E-state index contributed by atoms with van der Waals surface area (Å²) in [5.74, 6) is 3.25. The number of terminal acetylenes is 1. The third-order valence-electron chi connectivity index (χ3n) is 2.69.